The van der Waals surface area contributed by atoms with E-state index in [-0.39, 0.29) is 17.4 Å². The third-order valence-electron chi connectivity index (χ3n) is 4.25. The molecule has 20 heavy (non-hydrogen) atoms. The number of rotatable bonds is 2. The van der Waals surface area contributed by atoms with Gasteiger partial charge in [0, 0.05) is 24.7 Å². The van der Waals surface area contributed by atoms with Gasteiger partial charge in [0.2, 0.25) is 0 Å². The van der Waals surface area contributed by atoms with E-state index in [1.165, 1.54) is 0 Å². The van der Waals surface area contributed by atoms with Gasteiger partial charge in [0.15, 0.2) is 0 Å². The molecule has 0 bridgehead atoms. The van der Waals surface area contributed by atoms with Crippen molar-refractivity contribution in [2.24, 2.45) is 11.1 Å². The summed E-state index contributed by atoms with van der Waals surface area (Å²) in [6.07, 6.45) is 0.849. The number of hydrogen-bond donors (Lipinski definition) is 1. The monoisotopic (exact) mass is 276 g/mol. The minimum absolute atomic E-state index is 0.0390. The molecule has 110 valence electrons. The first-order chi connectivity index (χ1) is 9.35. The summed E-state index contributed by atoms with van der Waals surface area (Å²) in [4.78, 5) is 14.5. The molecule has 0 saturated carbocycles. The molecule has 0 aromatic heterocycles. The zero-order valence-electron chi connectivity index (χ0n) is 12.8. The van der Waals surface area contributed by atoms with E-state index < -0.39 is 0 Å². The van der Waals surface area contributed by atoms with E-state index in [1.807, 2.05) is 30.0 Å². The summed E-state index contributed by atoms with van der Waals surface area (Å²) in [5.41, 5.74) is 7.79. The van der Waals surface area contributed by atoms with Gasteiger partial charge in [0.25, 0.3) is 5.91 Å². The van der Waals surface area contributed by atoms with Crippen LogP contribution in [0.2, 0.25) is 0 Å². The van der Waals surface area contributed by atoms with Gasteiger partial charge in [-0.1, -0.05) is 19.9 Å². The summed E-state index contributed by atoms with van der Waals surface area (Å²) in [5, 5.41) is 0. The Morgan fingerprint density at radius 3 is 2.75 bits per heavy atom. The van der Waals surface area contributed by atoms with E-state index in [2.05, 4.69) is 13.8 Å². The summed E-state index contributed by atoms with van der Waals surface area (Å²) in [6, 6.07) is 5.76. The molecule has 1 unspecified atom stereocenters. The van der Waals surface area contributed by atoms with Gasteiger partial charge in [0.05, 0.1) is 7.11 Å². The van der Waals surface area contributed by atoms with Crippen LogP contribution in [0, 0.1) is 12.3 Å². The van der Waals surface area contributed by atoms with Crippen molar-refractivity contribution in [1.82, 2.24) is 4.90 Å². The maximum absolute atomic E-state index is 12.6. The number of aryl methyl sites for hydroxylation is 1. The van der Waals surface area contributed by atoms with Gasteiger partial charge in [-0.3, -0.25) is 4.79 Å². The third-order valence-corrected chi connectivity index (χ3v) is 4.25. The van der Waals surface area contributed by atoms with Crippen LogP contribution in [0.3, 0.4) is 0 Å². The summed E-state index contributed by atoms with van der Waals surface area (Å²) in [5.74, 6) is 0.812. The molecule has 4 heteroatoms. The lowest BCUT2D eigenvalue weighted by atomic mass is 9.79. The van der Waals surface area contributed by atoms with Crippen LogP contribution in [0.5, 0.6) is 5.75 Å². The second-order valence-corrected chi connectivity index (χ2v) is 6.29. The molecule has 1 atom stereocenters. The number of nitrogens with two attached hydrogens (primary N) is 1. The fourth-order valence-corrected chi connectivity index (χ4v) is 2.68. The molecule has 1 heterocycles. The highest BCUT2D eigenvalue weighted by atomic mass is 16.5. The molecule has 1 amide bonds. The maximum Gasteiger partial charge on any atom is 0.254 e. The fraction of sp³-hybridized carbons (Fsp3) is 0.562. The Bertz CT molecular complexity index is 511. The van der Waals surface area contributed by atoms with E-state index in [0.717, 1.165) is 24.3 Å². The largest absolute Gasteiger partial charge is 0.496 e. The van der Waals surface area contributed by atoms with E-state index in [4.69, 9.17) is 10.5 Å². The SMILES string of the molecule is COc1cc(C(=O)N2CCC(N)C(C)(C)C2)ccc1C. The van der Waals surface area contributed by atoms with Crippen LogP contribution in [0.25, 0.3) is 0 Å². The van der Waals surface area contributed by atoms with Crippen molar-refractivity contribution in [3.63, 3.8) is 0 Å². The predicted octanol–water partition coefficient (Wildman–Crippen LogP) is 2.20. The molecular formula is C16H24N2O2. The summed E-state index contributed by atoms with van der Waals surface area (Å²) < 4.78 is 5.29. The van der Waals surface area contributed by atoms with Gasteiger partial charge in [0.1, 0.15) is 5.75 Å². The Hall–Kier alpha value is -1.55. The van der Waals surface area contributed by atoms with E-state index in [9.17, 15) is 4.79 Å². The number of amides is 1. The first-order valence-electron chi connectivity index (χ1n) is 7.04. The molecule has 1 saturated heterocycles. The first kappa shape index (κ1) is 14.9. The topological polar surface area (TPSA) is 55.6 Å². The molecule has 0 spiro atoms. The lowest BCUT2D eigenvalue weighted by Crippen LogP contribution is -2.54. The maximum atomic E-state index is 12.6. The average molecular weight is 276 g/mol. The predicted molar refractivity (Wildman–Crippen MR) is 80.0 cm³/mol. The van der Waals surface area contributed by atoms with Crippen LogP contribution in [-0.4, -0.2) is 37.0 Å². The van der Waals surface area contributed by atoms with Crippen LogP contribution in [0.15, 0.2) is 18.2 Å². The number of methoxy groups -OCH3 is 1. The van der Waals surface area contributed by atoms with Crippen molar-refractivity contribution in [2.45, 2.75) is 33.2 Å². The summed E-state index contributed by atoms with van der Waals surface area (Å²) in [7, 11) is 1.62. The molecule has 1 aromatic rings. The zero-order valence-corrected chi connectivity index (χ0v) is 12.8. The van der Waals surface area contributed by atoms with Crippen molar-refractivity contribution in [3.8, 4) is 5.75 Å². The minimum Gasteiger partial charge on any atom is -0.496 e. The Balaban J connectivity index is 2.20. The smallest absolute Gasteiger partial charge is 0.254 e. The van der Waals surface area contributed by atoms with Crippen LogP contribution >= 0.6 is 0 Å². The Labute approximate surface area is 120 Å². The standard InChI is InChI=1S/C16H24N2O2/c1-11-5-6-12(9-13(11)20-4)15(19)18-8-7-14(17)16(2,3)10-18/h5-6,9,14H,7-8,10,17H2,1-4H3. The molecule has 1 aliphatic heterocycles. The molecule has 0 radical (unpaired) electrons. The van der Waals surface area contributed by atoms with E-state index >= 15 is 0 Å². The van der Waals surface area contributed by atoms with Crippen molar-refractivity contribution >= 4 is 5.91 Å². The first-order valence-corrected chi connectivity index (χ1v) is 7.04. The highest BCUT2D eigenvalue weighted by molar-refractivity contribution is 5.94. The molecule has 1 aromatic carbocycles. The molecule has 4 nitrogen and oxygen atoms in total. The zero-order chi connectivity index (χ0) is 14.9. The number of benzene rings is 1. The summed E-state index contributed by atoms with van der Waals surface area (Å²) in [6.45, 7) is 7.62. The van der Waals surface area contributed by atoms with Gasteiger partial charge >= 0.3 is 0 Å². The molecule has 1 aliphatic rings. The number of carbonyl (C=O) groups excluding carboxylic acids is 1. The third kappa shape index (κ3) is 2.80. The lowest BCUT2D eigenvalue weighted by molar-refractivity contribution is 0.0532. The number of hydrogen-bond acceptors (Lipinski definition) is 3. The normalized spacial score (nSPS) is 21.6. The Kier molecular flexibility index (Phi) is 4.04. The Morgan fingerprint density at radius 1 is 1.45 bits per heavy atom. The van der Waals surface area contributed by atoms with Gasteiger partial charge in [-0.2, -0.15) is 0 Å². The second kappa shape index (κ2) is 5.44. The Morgan fingerprint density at radius 2 is 2.15 bits per heavy atom. The van der Waals surface area contributed by atoms with Crippen molar-refractivity contribution in [1.29, 1.82) is 0 Å². The molecule has 2 rings (SSSR count). The van der Waals surface area contributed by atoms with E-state index in [0.29, 0.717) is 12.1 Å². The number of carbonyl (C=O) groups is 1. The average Bonchev–Trinajstić information content (AvgIpc) is 2.41. The minimum atomic E-state index is -0.0390. The molecule has 2 N–H and O–H groups in total. The van der Waals surface area contributed by atoms with Gasteiger partial charge < -0.3 is 15.4 Å². The van der Waals surface area contributed by atoms with Gasteiger partial charge in [-0.25, -0.2) is 0 Å². The number of nitrogens with zero attached hydrogens (tertiary/aromatic N) is 1. The van der Waals surface area contributed by atoms with Gasteiger partial charge in [-0.05, 0) is 36.5 Å². The molecule has 0 aliphatic carbocycles. The molecule has 1 fully saturated rings. The number of piperidine rings is 1. The van der Waals surface area contributed by atoms with Crippen molar-refractivity contribution < 1.29 is 9.53 Å². The van der Waals surface area contributed by atoms with Crippen LogP contribution in [-0.2, 0) is 0 Å². The number of likely N-dealkylation sites (tertiary alicyclic amines) is 1. The van der Waals surface area contributed by atoms with Crippen LogP contribution in [0.1, 0.15) is 36.2 Å². The number of ether oxygens (including phenoxy) is 1. The quantitative estimate of drug-likeness (QED) is 0.901. The van der Waals surface area contributed by atoms with Crippen LogP contribution < -0.4 is 10.5 Å². The lowest BCUT2D eigenvalue weighted by Gasteiger charge is -2.42. The highest BCUT2D eigenvalue weighted by Gasteiger charge is 2.35. The highest BCUT2D eigenvalue weighted by Crippen LogP contribution is 2.29. The fourth-order valence-electron chi connectivity index (χ4n) is 2.68. The summed E-state index contributed by atoms with van der Waals surface area (Å²) >= 11 is 0. The van der Waals surface area contributed by atoms with Crippen LogP contribution in [0.4, 0.5) is 0 Å². The molecular weight excluding hydrogens is 252 g/mol. The van der Waals surface area contributed by atoms with Gasteiger partial charge in [-0.15, -0.1) is 0 Å². The second-order valence-electron chi connectivity index (χ2n) is 6.29. The van der Waals surface area contributed by atoms with Crippen molar-refractivity contribution in [3.05, 3.63) is 29.3 Å². The van der Waals surface area contributed by atoms with Crippen molar-refractivity contribution in [2.75, 3.05) is 20.2 Å². The van der Waals surface area contributed by atoms with E-state index in [1.54, 1.807) is 7.11 Å².